The van der Waals surface area contributed by atoms with Gasteiger partial charge in [0, 0.05) is 12.1 Å². The number of rotatable bonds is 2. The molecule has 0 atom stereocenters. The first-order valence-corrected chi connectivity index (χ1v) is 6.20. The minimum absolute atomic E-state index is 0.256. The molecule has 1 aliphatic heterocycles. The largest absolute Gasteiger partial charge is 0.299 e. The van der Waals surface area contributed by atoms with Crippen LogP contribution in [0.2, 0.25) is 0 Å². The average Bonchev–Trinajstić information content (AvgIpc) is 2.60. The number of halogens is 1. The van der Waals surface area contributed by atoms with Crippen LogP contribution in [0.25, 0.3) is 0 Å². The van der Waals surface area contributed by atoms with Crippen molar-refractivity contribution in [2.45, 2.75) is 32.2 Å². The SMILES string of the molecule is N#Cc1ccc(CN2CCCCCC2)c(F)c1. The first kappa shape index (κ1) is 12.1. The zero-order valence-corrected chi connectivity index (χ0v) is 9.95. The van der Waals surface area contributed by atoms with Crippen molar-refractivity contribution in [1.82, 2.24) is 4.90 Å². The number of nitriles is 1. The molecule has 0 spiro atoms. The van der Waals surface area contributed by atoms with Crippen LogP contribution in [0.4, 0.5) is 4.39 Å². The molecule has 17 heavy (non-hydrogen) atoms. The van der Waals surface area contributed by atoms with Crippen LogP contribution in [0, 0.1) is 17.1 Å². The number of hydrogen-bond acceptors (Lipinski definition) is 2. The highest BCUT2D eigenvalue weighted by atomic mass is 19.1. The van der Waals surface area contributed by atoms with Crippen LogP contribution in [0.1, 0.15) is 36.8 Å². The minimum Gasteiger partial charge on any atom is -0.299 e. The molecule has 3 heteroatoms. The van der Waals surface area contributed by atoms with Gasteiger partial charge in [-0.3, -0.25) is 4.90 Å². The smallest absolute Gasteiger partial charge is 0.129 e. The van der Waals surface area contributed by atoms with E-state index >= 15 is 0 Å². The molecule has 0 saturated carbocycles. The van der Waals surface area contributed by atoms with E-state index in [0.717, 1.165) is 13.1 Å². The normalized spacial score (nSPS) is 17.4. The quantitative estimate of drug-likeness (QED) is 0.783. The Balaban J connectivity index is 2.05. The fraction of sp³-hybridized carbons (Fsp3) is 0.500. The summed E-state index contributed by atoms with van der Waals surface area (Å²) < 4.78 is 13.7. The minimum atomic E-state index is -0.256. The first-order chi connectivity index (χ1) is 8.29. The molecule has 1 fully saturated rings. The zero-order valence-electron chi connectivity index (χ0n) is 9.95. The Hall–Kier alpha value is -1.40. The van der Waals surface area contributed by atoms with E-state index in [-0.39, 0.29) is 5.82 Å². The molecule has 1 aliphatic rings. The standard InChI is InChI=1S/C14H17FN2/c15-14-9-12(10-16)5-6-13(14)11-17-7-3-1-2-4-8-17/h5-6,9H,1-4,7-8,11H2. The summed E-state index contributed by atoms with van der Waals surface area (Å²) in [5.74, 6) is -0.256. The van der Waals surface area contributed by atoms with Crippen molar-refractivity contribution in [1.29, 1.82) is 5.26 Å². The average molecular weight is 232 g/mol. The molecule has 2 rings (SSSR count). The molecule has 2 nitrogen and oxygen atoms in total. The molecular weight excluding hydrogens is 215 g/mol. The van der Waals surface area contributed by atoms with Crippen molar-refractivity contribution < 1.29 is 4.39 Å². The second kappa shape index (κ2) is 5.79. The Bertz CT molecular complexity index is 415. The van der Waals surface area contributed by atoms with Crippen molar-refractivity contribution >= 4 is 0 Å². The molecule has 0 N–H and O–H groups in total. The number of nitrogens with zero attached hydrogens (tertiary/aromatic N) is 2. The highest BCUT2D eigenvalue weighted by molar-refractivity contribution is 5.32. The fourth-order valence-corrected chi connectivity index (χ4v) is 2.28. The maximum absolute atomic E-state index is 13.7. The van der Waals surface area contributed by atoms with E-state index in [0.29, 0.717) is 17.7 Å². The van der Waals surface area contributed by atoms with Crippen LogP contribution >= 0.6 is 0 Å². The Morgan fingerprint density at radius 2 is 1.88 bits per heavy atom. The van der Waals surface area contributed by atoms with Gasteiger partial charge in [-0.05, 0) is 38.1 Å². The third-order valence-electron chi connectivity index (χ3n) is 3.27. The van der Waals surface area contributed by atoms with Gasteiger partial charge in [-0.1, -0.05) is 18.9 Å². The zero-order chi connectivity index (χ0) is 12.1. The van der Waals surface area contributed by atoms with Crippen molar-refractivity contribution in [2.24, 2.45) is 0 Å². The number of likely N-dealkylation sites (tertiary alicyclic amines) is 1. The fourth-order valence-electron chi connectivity index (χ4n) is 2.28. The van der Waals surface area contributed by atoms with Gasteiger partial charge in [-0.15, -0.1) is 0 Å². The van der Waals surface area contributed by atoms with E-state index < -0.39 is 0 Å². The van der Waals surface area contributed by atoms with Gasteiger partial charge in [0.15, 0.2) is 0 Å². The van der Waals surface area contributed by atoms with Gasteiger partial charge < -0.3 is 0 Å². The third-order valence-corrected chi connectivity index (χ3v) is 3.27. The Labute approximate surface area is 102 Å². The molecule has 1 aromatic rings. The lowest BCUT2D eigenvalue weighted by Gasteiger charge is -2.20. The summed E-state index contributed by atoms with van der Waals surface area (Å²) in [6.07, 6.45) is 4.98. The van der Waals surface area contributed by atoms with Crippen LogP contribution in [0.15, 0.2) is 18.2 Å². The lowest BCUT2D eigenvalue weighted by Crippen LogP contribution is -2.24. The van der Waals surface area contributed by atoms with Crippen molar-refractivity contribution in [3.8, 4) is 6.07 Å². The van der Waals surface area contributed by atoms with Gasteiger partial charge in [0.1, 0.15) is 5.82 Å². The van der Waals surface area contributed by atoms with Crippen molar-refractivity contribution in [2.75, 3.05) is 13.1 Å². The topological polar surface area (TPSA) is 27.0 Å². The summed E-state index contributed by atoms with van der Waals surface area (Å²) >= 11 is 0. The van der Waals surface area contributed by atoms with Crippen LogP contribution < -0.4 is 0 Å². The highest BCUT2D eigenvalue weighted by Gasteiger charge is 2.12. The van der Waals surface area contributed by atoms with Gasteiger partial charge in [0.25, 0.3) is 0 Å². The van der Waals surface area contributed by atoms with Gasteiger partial charge in [-0.2, -0.15) is 5.26 Å². The summed E-state index contributed by atoms with van der Waals surface area (Å²) in [5, 5.41) is 8.68. The Kier molecular flexibility index (Phi) is 4.11. The maximum atomic E-state index is 13.7. The first-order valence-electron chi connectivity index (χ1n) is 6.20. The molecule has 0 aliphatic carbocycles. The van der Waals surface area contributed by atoms with E-state index in [1.165, 1.54) is 31.7 Å². The Morgan fingerprint density at radius 1 is 1.18 bits per heavy atom. The van der Waals surface area contributed by atoms with Crippen molar-refractivity contribution in [3.63, 3.8) is 0 Å². The predicted octanol–water partition coefficient (Wildman–Crippen LogP) is 3.07. The summed E-state index contributed by atoms with van der Waals surface area (Å²) in [6, 6.07) is 6.71. The van der Waals surface area contributed by atoms with Crippen molar-refractivity contribution in [3.05, 3.63) is 35.1 Å². The number of hydrogen-bond donors (Lipinski definition) is 0. The molecule has 0 radical (unpaired) electrons. The number of benzene rings is 1. The third kappa shape index (κ3) is 3.28. The molecule has 1 aromatic carbocycles. The molecule has 0 bridgehead atoms. The van der Waals surface area contributed by atoms with Crippen LogP contribution in [-0.2, 0) is 6.54 Å². The second-order valence-corrected chi connectivity index (χ2v) is 4.61. The van der Waals surface area contributed by atoms with Gasteiger partial charge >= 0.3 is 0 Å². The molecule has 1 heterocycles. The van der Waals surface area contributed by atoms with Crippen LogP contribution in [0.3, 0.4) is 0 Å². The van der Waals surface area contributed by atoms with E-state index in [9.17, 15) is 4.39 Å². The molecule has 1 saturated heterocycles. The van der Waals surface area contributed by atoms with Gasteiger partial charge in [-0.25, -0.2) is 4.39 Å². The predicted molar refractivity (Wildman–Crippen MR) is 64.9 cm³/mol. The summed E-state index contributed by atoms with van der Waals surface area (Å²) in [7, 11) is 0. The molecular formula is C14H17FN2. The van der Waals surface area contributed by atoms with E-state index in [4.69, 9.17) is 5.26 Å². The summed E-state index contributed by atoms with van der Waals surface area (Å²) in [5.41, 5.74) is 1.09. The van der Waals surface area contributed by atoms with Gasteiger partial charge in [0.05, 0.1) is 11.6 Å². The van der Waals surface area contributed by atoms with Crippen LogP contribution in [0.5, 0.6) is 0 Å². The van der Waals surface area contributed by atoms with E-state index in [2.05, 4.69) is 4.90 Å². The summed E-state index contributed by atoms with van der Waals surface area (Å²) in [6.45, 7) is 2.77. The highest BCUT2D eigenvalue weighted by Crippen LogP contribution is 2.16. The molecule has 0 aromatic heterocycles. The lowest BCUT2D eigenvalue weighted by molar-refractivity contribution is 0.273. The van der Waals surface area contributed by atoms with Gasteiger partial charge in [0.2, 0.25) is 0 Å². The maximum Gasteiger partial charge on any atom is 0.129 e. The monoisotopic (exact) mass is 232 g/mol. The molecule has 90 valence electrons. The summed E-state index contributed by atoms with van der Waals surface area (Å²) in [4.78, 5) is 2.30. The lowest BCUT2D eigenvalue weighted by atomic mass is 10.1. The molecule has 0 unspecified atom stereocenters. The van der Waals surface area contributed by atoms with E-state index in [1.54, 1.807) is 12.1 Å². The second-order valence-electron chi connectivity index (χ2n) is 4.61. The molecule has 0 amide bonds. The van der Waals surface area contributed by atoms with Crippen LogP contribution in [-0.4, -0.2) is 18.0 Å². The Morgan fingerprint density at radius 3 is 2.47 bits per heavy atom. The van der Waals surface area contributed by atoms with E-state index in [1.807, 2.05) is 6.07 Å².